The molecule has 9 heteroatoms. The van der Waals surface area contributed by atoms with Crippen LogP contribution in [0.1, 0.15) is 29.0 Å². The minimum Gasteiger partial charge on any atom is -0.457 e. The Morgan fingerprint density at radius 1 is 1.17 bits per heavy atom. The normalized spacial score (nSPS) is 15.6. The minimum absolute atomic E-state index is 0.101. The lowest BCUT2D eigenvalue weighted by molar-refractivity contribution is -0.140. The van der Waals surface area contributed by atoms with Crippen LogP contribution in [0.2, 0.25) is 5.02 Å². The van der Waals surface area contributed by atoms with Gasteiger partial charge < -0.3 is 4.74 Å². The van der Waals surface area contributed by atoms with E-state index in [1.54, 1.807) is 13.0 Å². The van der Waals surface area contributed by atoms with E-state index >= 15 is 0 Å². The van der Waals surface area contributed by atoms with Crippen molar-refractivity contribution in [3.8, 4) is 0 Å². The van der Waals surface area contributed by atoms with Crippen molar-refractivity contribution in [1.82, 2.24) is 4.57 Å². The van der Waals surface area contributed by atoms with Crippen LogP contribution in [0.15, 0.2) is 87.1 Å². The number of allylic oxidation sites excluding steroid dienone is 1. The van der Waals surface area contributed by atoms with Crippen molar-refractivity contribution in [2.75, 3.05) is 0 Å². The number of nitrogens with zero attached hydrogens (tertiary/aromatic N) is 2. The molecule has 1 aliphatic rings. The Labute approximate surface area is 212 Å². The molecule has 4 aromatic rings. The monoisotopic (exact) mass is 524 g/mol. The van der Waals surface area contributed by atoms with Gasteiger partial charge in [0.15, 0.2) is 4.80 Å². The number of ether oxygens (including phenoxy) is 1. The summed E-state index contributed by atoms with van der Waals surface area (Å²) >= 11 is 8.73. The van der Waals surface area contributed by atoms with Gasteiger partial charge >= 0.3 is 5.97 Å². The molecule has 0 amide bonds. The minimum atomic E-state index is -0.701. The molecule has 0 spiro atoms. The third kappa shape index (κ3) is 4.52. The number of halogens is 2. The number of carbonyl (C=O) groups excluding carboxylic acids is 1. The smallest absolute Gasteiger partial charge is 0.338 e. The molecule has 0 fully saturated rings. The van der Waals surface area contributed by atoms with Gasteiger partial charge in [-0.1, -0.05) is 65.4 Å². The maximum absolute atomic E-state index is 14.4. The quantitative estimate of drug-likeness (QED) is 0.351. The number of thiophene rings is 1. The fourth-order valence-corrected chi connectivity index (χ4v) is 5.95. The van der Waals surface area contributed by atoms with Gasteiger partial charge in [0.25, 0.3) is 5.56 Å². The Morgan fingerprint density at radius 2 is 1.97 bits per heavy atom. The third-order valence-electron chi connectivity index (χ3n) is 5.54. The number of rotatable bonds is 5. The Hall–Kier alpha value is -3.33. The molecule has 0 bridgehead atoms. The van der Waals surface area contributed by atoms with Crippen LogP contribution in [0, 0.1) is 5.82 Å². The molecule has 1 atom stereocenters. The average Bonchev–Trinajstić information content (AvgIpc) is 3.48. The highest BCUT2D eigenvalue weighted by molar-refractivity contribution is 7.10. The van der Waals surface area contributed by atoms with E-state index in [1.165, 1.54) is 34.1 Å². The van der Waals surface area contributed by atoms with Crippen LogP contribution in [-0.4, -0.2) is 10.5 Å². The number of hydrogen-bond acceptors (Lipinski definition) is 6. The molecule has 1 aliphatic heterocycles. The van der Waals surface area contributed by atoms with Crippen molar-refractivity contribution in [2.24, 2.45) is 4.99 Å². The first kappa shape index (κ1) is 23.4. The Kier molecular flexibility index (Phi) is 6.51. The van der Waals surface area contributed by atoms with Crippen LogP contribution in [-0.2, 0) is 16.1 Å². The fraction of sp³-hybridized carbons (Fsp3) is 0.115. The number of fused-ring (bicyclic) bond motifs is 1. The van der Waals surface area contributed by atoms with E-state index in [4.69, 9.17) is 16.3 Å². The molecule has 176 valence electrons. The van der Waals surface area contributed by atoms with Crippen molar-refractivity contribution in [2.45, 2.75) is 19.6 Å². The zero-order valence-electron chi connectivity index (χ0n) is 18.4. The molecule has 0 saturated heterocycles. The van der Waals surface area contributed by atoms with Crippen LogP contribution < -0.4 is 14.9 Å². The molecule has 3 heterocycles. The van der Waals surface area contributed by atoms with Crippen LogP contribution >= 0.6 is 34.3 Å². The zero-order valence-corrected chi connectivity index (χ0v) is 20.8. The van der Waals surface area contributed by atoms with Gasteiger partial charge in [-0.05, 0) is 42.1 Å². The Balaban J connectivity index is 1.61. The molecule has 5 nitrogen and oxygen atoms in total. The van der Waals surface area contributed by atoms with Crippen LogP contribution in [0.4, 0.5) is 4.39 Å². The lowest BCUT2D eigenvalue weighted by atomic mass is 10.0. The summed E-state index contributed by atoms with van der Waals surface area (Å²) in [6.07, 6.45) is 1.43. The van der Waals surface area contributed by atoms with E-state index in [2.05, 4.69) is 4.99 Å². The standard InChI is InChI=1S/C26H18ClFN2O3S2/c1-15-22(25(32)33-14-16-7-3-2-4-8-16)23(20-11-6-12-34-20)30-24(31)21(35-26(30)29-15)13-17-18(27)9-5-10-19(17)28/h2-13,23H,14H2,1H3/b21-13+. The van der Waals surface area contributed by atoms with Crippen molar-refractivity contribution in [1.29, 1.82) is 0 Å². The maximum atomic E-state index is 14.4. The second-order valence-corrected chi connectivity index (χ2v) is 10.2. The average molecular weight is 525 g/mol. The second-order valence-electron chi connectivity index (χ2n) is 7.79. The van der Waals surface area contributed by atoms with E-state index in [1.807, 2.05) is 47.8 Å². The van der Waals surface area contributed by atoms with Gasteiger partial charge in [0.2, 0.25) is 0 Å². The van der Waals surface area contributed by atoms with Gasteiger partial charge in [0.1, 0.15) is 18.5 Å². The van der Waals surface area contributed by atoms with Crippen LogP contribution in [0.3, 0.4) is 0 Å². The van der Waals surface area contributed by atoms with Crippen LogP contribution in [0.25, 0.3) is 6.08 Å². The molecular formula is C26H18ClFN2O3S2. The zero-order chi connectivity index (χ0) is 24.5. The molecule has 0 N–H and O–H groups in total. The van der Waals surface area contributed by atoms with Gasteiger partial charge in [-0.15, -0.1) is 11.3 Å². The van der Waals surface area contributed by atoms with Crippen molar-refractivity contribution in [3.05, 3.63) is 124 Å². The number of aromatic nitrogens is 1. The largest absolute Gasteiger partial charge is 0.457 e. The van der Waals surface area contributed by atoms with Crippen molar-refractivity contribution < 1.29 is 13.9 Å². The van der Waals surface area contributed by atoms with E-state index in [9.17, 15) is 14.0 Å². The lowest BCUT2D eigenvalue weighted by Gasteiger charge is -2.23. The Bertz CT molecular complexity index is 1600. The maximum Gasteiger partial charge on any atom is 0.338 e. The van der Waals surface area contributed by atoms with Crippen molar-refractivity contribution >= 4 is 46.3 Å². The summed E-state index contributed by atoms with van der Waals surface area (Å²) in [4.78, 5) is 32.6. The highest BCUT2D eigenvalue weighted by Crippen LogP contribution is 2.33. The predicted octanol–water partition coefficient (Wildman–Crippen LogP) is 4.83. The van der Waals surface area contributed by atoms with Gasteiger partial charge in [-0.2, -0.15) is 0 Å². The summed E-state index contributed by atoms with van der Waals surface area (Å²) in [5.41, 5.74) is 1.37. The first-order valence-electron chi connectivity index (χ1n) is 10.6. The van der Waals surface area contributed by atoms with Gasteiger partial charge in [0.05, 0.1) is 20.8 Å². The summed E-state index contributed by atoms with van der Waals surface area (Å²) in [5.74, 6) is -1.07. The summed E-state index contributed by atoms with van der Waals surface area (Å²) in [6.45, 7) is 1.83. The summed E-state index contributed by atoms with van der Waals surface area (Å²) in [6, 6.07) is 16.7. The van der Waals surface area contributed by atoms with E-state index < -0.39 is 17.8 Å². The highest BCUT2D eigenvalue weighted by atomic mass is 35.5. The first-order valence-corrected chi connectivity index (χ1v) is 12.7. The topological polar surface area (TPSA) is 60.7 Å². The lowest BCUT2D eigenvalue weighted by Crippen LogP contribution is -2.39. The summed E-state index contributed by atoms with van der Waals surface area (Å²) in [7, 11) is 0. The molecule has 35 heavy (non-hydrogen) atoms. The number of thiazole rings is 1. The molecule has 5 rings (SSSR count). The van der Waals surface area contributed by atoms with E-state index in [0.29, 0.717) is 16.1 Å². The molecular weight excluding hydrogens is 507 g/mol. The van der Waals surface area contributed by atoms with E-state index in [-0.39, 0.29) is 27.3 Å². The summed E-state index contributed by atoms with van der Waals surface area (Å²) < 4.78 is 21.8. The SMILES string of the molecule is CC1=C(C(=O)OCc2ccccc2)C(c2cccs2)n2c(s/c(=C/c3c(F)cccc3Cl)c2=O)=N1. The van der Waals surface area contributed by atoms with Crippen LogP contribution in [0.5, 0.6) is 0 Å². The molecule has 1 unspecified atom stereocenters. The van der Waals surface area contributed by atoms with E-state index in [0.717, 1.165) is 21.8 Å². The first-order chi connectivity index (χ1) is 16.9. The number of hydrogen-bond donors (Lipinski definition) is 0. The van der Waals surface area contributed by atoms with Gasteiger partial charge in [-0.3, -0.25) is 9.36 Å². The fourth-order valence-electron chi connectivity index (χ4n) is 3.88. The van der Waals surface area contributed by atoms with Crippen molar-refractivity contribution in [3.63, 3.8) is 0 Å². The summed E-state index contributed by atoms with van der Waals surface area (Å²) in [5, 5.41) is 2.08. The number of carbonyl (C=O) groups is 1. The molecule has 0 radical (unpaired) electrons. The number of esters is 1. The second kappa shape index (κ2) is 9.73. The van der Waals surface area contributed by atoms with Gasteiger partial charge in [0, 0.05) is 10.4 Å². The molecule has 2 aromatic heterocycles. The third-order valence-corrected chi connectivity index (χ3v) is 7.78. The molecule has 2 aromatic carbocycles. The predicted molar refractivity (Wildman–Crippen MR) is 136 cm³/mol. The van der Waals surface area contributed by atoms with Gasteiger partial charge in [-0.25, -0.2) is 14.2 Å². The number of benzene rings is 2. The molecule has 0 saturated carbocycles. The Morgan fingerprint density at radius 3 is 2.69 bits per heavy atom. The highest BCUT2D eigenvalue weighted by Gasteiger charge is 2.34. The molecule has 0 aliphatic carbocycles.